The van der Waals surface area contributed by atoms with Crippen LogP contribution in [0.25, 0.3) is 0 Å². The molecule has 0 saturated carbocycles. The van der Waals surface area contributed by atoms with Crippen molar-refractivity contribution < 1.29 is 4.74 Å². The van der Waals surface area contributed by atoms with Crippen LogP contribution in [0.1, 0.15) is 40.0 Å². The van der Waals surface area contributed by atoms with Crippen molar-refractivity contribution >= 4 is 0 Å². The molecule has 17 heavy (non-hydrogen) atoms. The van der Waals surface area contributed by atoms with Gasteiger partial charge in [-0.05, 0) is 58.8 Å². The van der Waals surface area contributed by atoms with E-state index in [1.54, 1.807) is 0 Å². The monoisotopic (exact) mass is 242 g/mol. The number of unbranched alkanes of at least 4 members (excludes halogenated alkanes) is 1. The van der Waals surface area contributed by atoms with Crippen molar-refractivity contribution in [2.75, 3.05) is 33.3 Å². The Balaban J connectivity index is 1.98. The Bertz CT molecular complexity index is 197. The zero-order chi connectivity index (χ0) is 12.7. The molecule has 0 aromatic heterocycles. The second kappa shape index (κ2) is 8.06. The molecular formula is C14H30N2O. The maximum atomic E-state index is 5.60. The molecule has 0 aliphatic carbocycles. The fraction of sp³-hybridized carbons (Fsp3) is 1.00. The molecule has 0 amide bonds. The van der Waals surface area contributed by atoms with Gasteiger partial charge in [0.1, 0.15) is 0 Å². The molecule has 1 heterocycles. The number of nitrogens with one attached hydrogen (secondary N) is 1. The first kappa shape index (κ1) is 14.9. The summed E-state index contributed by atoms with van der Waals surface area (Å²) in [7, 11) is 2.23. The van der Waals surface area contributed by atoms with Crippen molar-refractivity contribution in [3.05, 3.63) is 0 Å². The molecule has 1 aliphatic heterocycles. The average Bonchev–Trinajstić information content (AvgIpc) is 2.69. The minimum atomic E-state index is 0.416. The molecule has 0 spiro atoms. The fourth-order valence-electron chi connectivity index (χ4n) is 2.47. The minimum absolute atomic E-state index is 0.416. The van der Waals surface area contributed by atoms with Crippen molar-refractivity contribution in [2.24, 2.45) is 5.92 Å². The van der Waals surface area contributed by atoms with Crippen LogP contribution in [0.4, 0.5) is 0 Å². The van der Waals surface area contributed by atoms with E-state index in [0.717, 1.165) is 25.6 Å². The van der Waals surface area contributed by atoms with Crippen molar-refractivity contribution in [3.63, 3.8) is 0 Å². The number of rotatable bonds is 8. The summed E-state index contributed by atoms with van der Waals surface area (Å²) >= 11 is 0. The Morgan fingerprint density at radius 2 is 2.12 bits per heavy atom. The van der Waals surface area contributed by atoms with Gasteiger partial charge in [0, 0.05) is 12.6 Å². The van der Waals surface area contributed by atoms with Gasteiger partial charge in [0.05, 0.1) is 6.10 Å². The van der Waals surface area contributed by atoms with E-state index in [2.05, 4.69) is 38.0 Å². The molecule has 0 radical (unpaired) electrons. The highest BCUT2D eigenvalue weighted by atomic mass is 16.5. The third-order valence-electron chi connectivity index (χ3n) is 3.57. The number of nitrogens with zero attached hydrogens (tertiary/aromatic N) is 1. The van der Waals surface area contributed by atoms with Gasteiger partial charge >= 0.3 is 0 Å². The highest BCUT2D eigenvalue weighted by Gasteiger charge is 2.27. The summed E-state index contributed by atoms with van der Waals surface area (Å²) in [6, 6.07) is 0.638. The molecule has 102 valence electrons. The fourth-order valence-corrected chi connectivity index (χ4v) is 2.47. The van der Waals surface area contributed by atoms with Crippen molar-refractivity contribution in [1.82, 2.24) is 10.2 Å². The largest absolute Gasteiger partial charge is 0.377 e. The van der Waals surface area contributed by atoms with E-state index in [1.165, 1.54) is 25.8 Å². The number of hydrogen-bond acceptors (Lipinski definition) is 3. The SMILES string of the molecule is CC(C)CNCCCCN(C)C1CCOC1C. The third-order valence-corrected chi connectivity index (χ3v) is 3.57. The predicted molar refractivity (Wildman–Crippen MR) is 73.4 cm³/mol. The van der Waals surface area contributed by atoms with Crippen LogP contribution in [-0.2, 0) is 4.74 Å². The molecule has 2 unspecified atom stereocenters. The topological polar surface area (TPSA) is 24.5 Å². The number of ether oxygens (including phenoxy) is 1. The zero-order valence-corrected chi connectivity index (χ0v) is 12.0. The molecule has 1 fully saturated rings. The highest BCUT2D eigenvalue weighted by molar-refractivity contribution is 4.80. The van der Waals surface area contributed by atoms with Crippen LogP contribution < -0.4 is 5.32 Å². The molecular weight excluding hydrogens is 212 g/mol. The summed E-state index contributed by atoms with van der Waals surface area (Å²) in [5, 5.41) is 3.49. The molecule has 1 rings (SSSR count). The smallest absolute Gasteiger partial charge is 0.0702 e. The first-order chi connectivity index (χ1) is 8.11. The maximum Gasteiger partial charge on any atom is 0.0702 e. The van der Waals surface area contributed by atoms with Crippen LogP contribution >= 0.6 is 0 Å². The van der Waals surface area contributed by atoms with Gasteiger partial charge in [0.25, 0.3) is 0 Å². The van der Waals surface area contributed by atoms with Gasteiger partial charge in [-0.3, -0.25) is 0 Å². The van der Waals surface area contributed by atoms with Gasteiger partial charge in [-0.25, -0.2) is 0 Å². The van der Waals surface area contributed by atoms with Gasteiger partial charge < -0.3 is 15.0 Å². The lowest BCUT2D eigenvalue weighted by atomic mass is 10.1. The van der Waals surface area contributed by atoms with Crippen molar-refractivity contribution in [2.45, 2.75) is 52.2 Å². The predicted octanol–water partition coefficient (Wildman–Crippen LogP) is 2.12. The molecule has 1 N–H and O–H groups in total. The lowest BCUT2D eigenvalue weighted by Gasteiger charge is -2.26. The van der Waals surface area contributed by atoms with Crippen molar-refractivity contribution in [3.8, 4) is 0 Å². The van der Waals surface area contributed by atoms with Crippen LogP contribution in [0.2, 0.25) is 0 Å². The van der Waals surface area contributed by atoms with Crippen LogP contribution in [-0.4, -0.2) is 50.3 Å². The quantitative estimate of drug-likeness (QED) is 0.660. The Hall–Kier alpha value is -0.120. The Morgan fingerprint density at radius 1 is 1.35 bits per heavy atom. The number of likely N-dealkylation sites (N-methyl/N-ethyl adjacent to an activating group) is 1. The van der Waals surface area contributed by atoms with E-state index in [-0.39, 0.29) is 0 Å². The van der Waals surface area contributed by atoms with Crippen LogP contribution in [0, 0.1) is 5.92 Å². The Labute approximate surface area is 107 Å². The molecule has 1 aliphatic rings. The van der Waals surface area contributed by atoms with E-state index in [9.17, 15) is 0 Å². The first-order valence-electron chi connectivity index (χ1n) is 7.14. The molecule has 3 nitrogen and oxygen atoms in total. The van der Waals surface area contributed by atoms with Crippen LogP contribution in [0.15, 0.2) is 0 Å². The van der Waals surface area contributed by atoms with Crippen LogP contribution in [0.3, 0.4) is 0 Å². The summed E-state index contributed by atoms with van der Waals surface area (Å²) in [6.07, 6.45) is 4.17. The molecule has 1 saturated heterocycles. The van der Waals surface area contributed by atoms with E-state index in [1.807, 2.05) is 0 Å². The van der Waals surface area contributed by atoms with E-state index < -0.39 is 0 Å². The second-order valence-corrected chi connectivity index (χ2v) is 5.72. The van der Waals surface area contributed by atoms with Gasteiger partial charge in [0.2, 0.25) is 0 Å². The molecule has 0 aromatic rings. The molecule has 0 aromatic carbocycles. The third kappa shape index (κ3) is 5.84. The summed E-state index contributed by atoms with van der Waals surface area (Å²) in [5.41, 5.74) is 0. The lowest BCUT2D eigenvalue weighted by molar-refractivity contribution is 0.0832. The Morgan fingerprint density at radius 3 is 2.71 bits per heavy atom. The highest BCUT2D eigenvalue weighted by Crippen LogP contribution is 2.18. The molecule has 2 atom stereocenters. The summed E-state index contributed by atoms with van der Waals surface area (Å²) in [5.74, 6) is 0.758. The van der Waals surface area contributed by atoms with Gasteiger partial charge in [0.15, 0.2) is 0 Å². The Kier molecular flexibility index (Phi) is 7.09. The van der Waals surface area contributed by atoms with Gasteiger partial charge in [-0.15, -0.1) is 0 Å². The minimum Gasteiger partial charge on any atom is -0.377 e. The van der Waals surface area contributed by atoms with Gasteiger partial charge in [-0.1, -0.05) is 13.8 Å². The summed E-state index contributed by atoms with van der Waals surface area (Å²) in [6.45, 7) is 11.1. The normalized spacial score (nSPS) is 25.1. The molecule has 3 heteroatoms. The van der Waals surface area contributed by atoms with E-state index >= 15 is 0 Å². The van der Waals surface area contributed by atoms with Crippen LogP contribution in [0.5, 0.6) is 0 Å². The van der Waals surface area contributed by atoms with E-state index in [0.29, 0.717) is 12.1 Å². The summed E-state index contributed by atoms with van der Waals surface area (Å²) < 4.78 is 5.60. The average molecular weight is 242 g/mol. The molecule has 0 bridgehead atoms. The summed E-state index contributed by atoms with van der Waals surface area (Å²) in [4.78, 5) is 2.47. The second-order valence-electron chi connectivity index (χ2n) is 5.72. The zero-order valence-electron chi connectivity index (χ0n) is 12.0. The first-order valence-corrected chi connectivity index (χ1v) is 7.14. The van der Waals surface area contributed by atoms with Crippen molar-refractivity contribution in [1.29, 1.82) is 0 Å². The van der Waals surface area contributed by atoms with E-state index in [4.69, 9.17) is 4.74 Å². The number of hydrogen-bond donors (Lipinski definition) is 1. The lowest BCUT2D eigenvalue weighted by Crippen LogP contribution is -2.37. The maximum absolute atomic E-state index is 5.60. The van der Waals surface area contributed by atoms with Gasteiger partial charge in [-0.2, -0.15) is 0 Å². The standard InChI is InChI=1S/C14H30N2O/c1-12(2)11-15-8-5-6-9-16(4)14-7-10-17-13(14)3/h12-15H,5-11H2,1-4H3.